The van der Waals surface area contributed by atoms with Crippen LogP contribution in [-0.4, -0.2) is 92.4 Å². The first-order valence-electron chi connectivity index (χ1n) is 19.4. The molecule has 4 atom stereocenters. The van der Waals surface area contributed by atoms with Crippen molar-refractivity contribution < 1.29 is 43.0 Å². The molecule has 5 rings (SSSR count). The van der Waals surface area contributed by atoms with E-state index in [0.717, 1.165) is 19.3 Å². The van der Waals surface area contributed by atoms with Gasteiger partial charge in [0.15, 0.2) is 11.4 Å². The fourth-order valence-corrected chi connectivity index (χ4v) is 7.53. The van der Waals surface area contributed by atoms with Gasteiger partial charge in [-0.05, 0) is 91.3 Å². The molecule has 2 fully saturated rings. The lowest BCUT2D eigenvalue weighted by atomic mass is 9.83. The highest BCUT2D eigenvalue weighted by Gasteiger charge is 2.47. The molecule has 1 aliphatic carbocycles. The zero-order chi connectivity index (χ0) is 38.3. The first-order valence-corrected chi connectivity index (χ1v) is 19.4. The number of piperidine rings is 1. The van der Waals surface area contributed by atoms with Crippen molar-refractivity contribution in [2.75, 3.05) is 51.5 Å². The summed E-state index contributed by atoms with van der Waals surface area (Å²) in [6, 6.07) is 15.9. The number of ether oxygens (including phenoxy) is 4. The van der Waals surface area contributed by atoms with Gasteiger partial charge in [-0.1, -0.05) is 30.3 Å². The number of anilines is 1. The molecular formula is C42H60N3O8+. The number of nitrogens with zero attached hydrogens (tertiary/aromatic N) is 2. The summed E-state index contributed by atoms with van der Waals surface area (Å²) in [5, 5.41) is 0. The molecule has 0 bridgehead atoms. The maximum Gasteiger partial charge on any atom is 0.410 e. The van der Waals surface area contributed by atoms with Crippen molar-refractivity contribution in [1.29, 1.82) is 0 Å². The van der Waals surface area contributed by atoms with Gasteiger partial charge in [0, 0.05) is 63.6 Å². The number of carbonyl (C=O) groups excluding carboxylic acids is 4. The van der Waals surface area contributed by atoms with Crippen molar-refractivity contribution in [1.82, 2.24) is 4.90 Å². The number of Topliss-reactive ketones (excluding diaryl/α,β-unsaturated/α-hetero) is 1. The first kappa shape index (κ1) is 40.4. The van der Waals surface area contributed by atoms with E-state index in [1.807, 2.05) is 69.0 Å². The Hall–Kier alpha value is -3.80. The lowest BCUT2D eigenvalue weighted by Crippen LogP contribution is -3.13. The number of fused-ring (bicyclic) bond motifs is 1. The Morgan fingerprint density at radius 1 is 1.04 bits per heavy atom. The topological polar surface area (TPSA) is 116 Å². The van der Waals surface area contributed by atoms with E-state index in [1.54, 1.807) is 25.9 Å². The summed E-state index contributed by atoms with van der Waals surface area (Å²) < 4.78 is 23.0. The van der Waals surface area contributed by atoms with E-state index in [1.165, 1.54) is 5.56 Å². The number of rotatable bonds is 16. The van der Waals surface area contributed by atoms with Crippen LogP contribution in [-0.2, 0) is 28.6 Å². The van der Waals surface area contributed by atoms with Crippen molar-refractivity contribution >= 4 is 35.1 Å². The number of ketones is 1. The van der Waals surface area contributed by atoms with E-state index in [4.69, 9.17) is 18.9 Å². The van der Waals surface area contributed by atoms with Gasteiger partial charge in [0.1, 0.15) is 11.4 Å². The third-order valence-corrected chi connectivity index (χ3v) is 10.4. The van der Waals surface area contributed by atoms with Crippen molar-refractivity contribution in [3.8, 4) is 5.75 Å². The van der Waals surface area contributed by atoms with Gasteiger partial charge in [-0.15, -0.1) is 0 Å². The zero-order valence-electron chi connectivity index (χ0n) is 32.8. The molecule has 1 N–H and O–H groups in total. The zero-order valence-corrected chi connectivity index (χ0v) is 32.8. The Kier molecular flexibility index (Phi) is 13.4. The van der Waals surface area contributed by atoms with Crippen molar-refractivity contribution in [2.24, 2.45) is 11.8 Å². The maximum absolute atomic E-state index is 14.7. The van der Waals surface area contributed by atoms with Crippen molar-refractivity contribution in [3.63, 3.8) is 0 Å². The summed E-state index contributed by atoms with van der Waals surface area (Å²) >= 11 is 0. The van der Waals surface area contributed by atoms with E-state index in [0.29, 0.717) is 74.1 Å². The van der Waals surface area contributed by atoms with Crippen LogP contribution >= 0.6 is 0 Å². The third kappa shape index (κ3) is 10.5. The van der Waals surface area contributed by atoms with Gasteiger partial charge in [-0.3, -0.25) is 9.59 Å². The van der Waals surface area contributed by atoms with E-state index in [9.17, 15) is 19.2 Å². The average Bonchev–Trinajstić information content (AvgIpc) is 3.96. The number of methoxy groups -OCH3 is 1. The molecule has 4 unspecified atom stereocenters. The molecule has 2 aliphatic heterocycles. The summed E-state index contributed by atoms with van der Waals surface area (Å²) in [6.45, 7) is 13.6. The third-order valence-electron chi connectivity index (χ3n) is 10.4. The smallest absolute Gasteiger partial charge is 0.410 e. The summed E-state index contributed by atoms with van der Waals surface area (Å²) in [5.74, 6) is -0.439. The van der Waals surface area contributed by atoms with Crippen molar-refractivity contribution in [3.05, 3.63) is 54.1 Å². The molecule has 53 heavy (non-hydrogen) atoms. The van der Waals surface area contributed by atoms with Crippen LogP contribution in [0.1, 0.15) is 98.0 Å². The van der Waals surface area contributed by atoms with Crippen LogP contribution in [0, 0.1) is 11.8 Å². The number of carbonyl (C=O) groups is 4. The SMILES string of the molecule is CCOCC(CCCC(=O)C1CC(C(=O)N(c2ccc3c(c2)[NH+](CCCOC)C(=O)C(C)(C)O3)C2CC2)CN(C(=O)OC(C)(C)C)C1)c1ccccc1. The monoisotopic (exact) mass is 734 g/mol. The molecule has 3 amide bonds. The molecule has 0 radical (unpaired) electrons. The van der Waals surface area contributed by atoms with E-state index >= 15 is 0 Å². The Labute approximate surface area is 315 Å². The van der Waals surface area contributed by atoms with E-state index < -0.39 is 29.1 Å². The fourth-order valence-electron chi connectivity index (χ4n) is 7.53. The van der Waals surface area contributed by atoms with Crippen LogP contribution < -0.4 is 14.5 Å². The molecule has 11 nitrogen and oxygen atoms in total. The highest BCUT2D eigenvalue weighted by Crippen LogP contribution is 2.39. The number of likely N-dealkylation sites (tertiary alicyclic amines) is 1. The highest BCUT2D eigenvalue weighted by molar-refractivity contribution is 5.98. The summed E-state index contributed by atoms with van der Waals surface area (Å²) in [6.07, 6.45) is 4.05. The molecular weight excluding hydrogens is 674 g/mol. The van der Waals surface area contributed by atoms with Gasteiger partial charge in [0.2, 0.25) is 11.5 Å². The lowest BCUT2D eigenvalue weighted by Gasteiger charge is -2.39. The molecule has 2 heterocycles. The minimum Gasteiger partial charge on any atom is -0.467 e. The van der Waals surface area contributed by atoms with Gasteiger partial charge in [-0.2, -0.15) is 0 Å². The van der Waals surface area contributed by atoms with Crippen LogP contribution in [0.3, 0.4) is 0 Å². The molecule has 1 saturated carbocycles. The second-order valence-corrected chi connectivity index (χ2v) is 16.3. The fraction of sp³-hybridized carbons (Fsp3) is 0.619. The molecule has 11 heteroatoms. The highest BCUT2D eigenvalue weighted by atomic mass is 16.6. The average molecular weight is 735 g/mol. The standard InChI is InChI=1S/C42H59N3O8/c1-8-51-28-30(29-14-10-9-11-15-29)16-12-17-36(46)31-24-32(27-43(26-31)40(49)53-41(2,3)4)38(47)45(33-18-19-33)34-20-21-37-35(25-34)44(22-13-23-50-7)39(48)42(5,6)52-37/h9-11,14-15,20-21,25,30-33H,8,12-13,16-19,22-24,26-28H2,1-7H3/p+1. The Morgan fingerprint density at radius 2 is 1.75 bits per heavy atom. The number of nitrogens with one attached hydrogen (secondary N) is 1. The van der Waals surface area contributed by atoms with E-state index in [2.05, 4.69) is 12.1 Å². The molecule has 1 saturated heterocycles. The molecule has 2 aromatic rings. The van der Waals surface area contributed by atoms with Crippen LogP contribution in [0.4, 0.5) is 16.2 Å². The van der Waals surface area contributed by atoms with Gasteiger partial charge in [-0.25, -0.2) is 14.5 Å². The summed E-state index contributed by atoms with van der Waals surface area (Å²) in [7, 11) is 1.64. The molecule has 290 valence electrons. The first-order chi connectivity index (χ1) is 25.2. The van der Waals surface area contributed by atoms with Crippen LogP contribution in [0.15, 0.2) is 48.5 Å². The minimum atomic E-state index is -0.997. The molecule has 0 aromatic heterocycles. The number of hydrogen-bond acceptors (Lipinski definition) is 8. The predicted octanol–water partition coefficient (Wildman–Crippen LogP) is 5.87. The molecule has 3 aliphatic rings. The lowest BCUT2D eigenvalue weighted by molar-refractivity contribution is -0.757. The summed E-state index contributed by atoms with van der Waals surface area (Å²) in [4.78, 5) is 59.7. The summed E-state index contributed by atoms with van der Waals surface area (Å²) in [5.41, 5.74) is 0.856. The van der Waals surface area contributed by atoms with Gasteiger partial charge in [0.25, 0.3) is 0 Å². The second-order valence-electron chi connectivity index (χ2n) is 16.3. The minimum absolute atomic E-state index is 0.000423. The molecule has 2 aromatic carbocycles. The van der Waals surface area contributed by atoms with E-state index in [-0.39, 0.29) is 42.6 Å². The number of hydrogen-bond donors (Lipinski definition) is 1. The van der Waals surface area contributed by atoms with Crippen LogP contribution in [0.2, 0.25) is 0 Å². The largest absolute Gasteiger partial charge is 0.467 e. The maximum atomic E-state index is 14.7. The number of amides is 3. The van der Waals surface area contributed by atoms with Crippen LogP contribution in [0.5, 0.6) is 5.75 Å². The van der Waals surface area contributed by atoms with Gasteiger partial charge >= 0.3 is 12.0 Å². The van der Waals surface area contributed by atoms with Crippen molar-refractivity contribution in [2.45, 2.75) is 110 Å². The second kappa shape index (κ2) is 17.6. The molecule has 0 spiro atoms. The Balaban J connectivity index is 1.36. The van der Waals surface area contributed by atoms with Gasteiger partial charge in [0.05, 0.1) is 31.4 Å². The number of benzene rings is 2. The van der Waals surface area contributed by atoms with Gasteiger partial charge < -0.3 is 28.7 Å². The Morgan fingerprint density at radius 3 is 2.42 bits per heavy atom. The van der Waals surface area contributed by atoms with Crippen LogP contribution in [0.25, 0.3) is 0 Å². The quantitative estimate of drug-likeness (QED) is 0.213. The normalized spacial score (nSPS) is 21.7. The Bertz CT molecular complexity index is 1580. The number of quaternary nitrogens is 1. The predicted molar refractivity (Wildman–Crippen MR) is 203 cm³/mol.